The van der Waals surface area contributed by atoms with Gasteiger partial charge in [0.05, 0.1) is 6.17 Å². The van der Waals surface area contributed by atoms with Crippen molar-refractivity contribution in [2.75, 3.05) is 0 Å². The van der Waals surface area contributed by atoms with Gasteiger partial charge in [-0.15, -0.1) is 0 Å². The number of nitrogens with one attached hydrogen (secondary N) is 1. The van der Waals surface area contributed by atoms with Crippen molar-refractivity contribution in [3.05, 3.63) is 0 Å². The molecule has 0 fully saturated rings. The quantitative estimate of drug-likeness (QED) is 0.359. The van der Waals surface area contributed by atoms with Crippen molar-refractivity contribution in [3.8, 4) is 0 Å². The first-order valence-electron chi connectivity index (χ1n) is 2.32. The third kappa shape index (κ3) is 9.78. The average molecular weight is 152 g/mol. The van der Waals surface area contributed by atoms with Crippen LogP contribution in [-0.4, -0.2) is 17.5 Å². The summed E-state index contributed by atoms with van der Waals surface area (Å²) in [6.07, 6.45) is -0.625. The predicted octanol–water partition coefficient (Wildman–Crippen LogP) is -0.784. The first-order chi connectivity index (χ1) is 3.13. The van der Waals surface area contributed by atoms with E-state index in [1.165, 1.54) is 0 Å². The fourth-order valence-electron chi connectivity index (χ4n) is 0.380. The van der Waals surface area contributed by atoms with Crippen LogP contribution in [0.5, 0.6) is 0 Å². The maximum absolute atomic E-state index is 8.53. The normalized spacial score (nSPS) is 16.5. The molecule has 0 aromatic carbocycles. The minimum atomic E-state index is -0.500. The molecule has 0 saturated carbocycles. The molecule has 4 heteroatoms. The minimum Gasteiger partial charge on any atom is -0.379 e. The number of rotatable bonds is 2. The van der Waals surface area contributed by atoms with E-state index in [4.69, 9.17) is 10.8 Å². The molecule has 0 bridgehead atoms. The first kappa shape index (κ1) is 11.4. The van der Waals surface area contributed by atoms with Gasteiger partial charge in [-0.2, -0.15) is 0 Å². The molecule has 0 aromatic heterocycles. The van der Waals surface area contributed by atoms with Gasteiger partial charge in [0.15, 0.2) is 0 Å². The van der Waals surface area contributed by atoms with Crippen LogP contribution in [0.25, 0.3) is 0 Å². The van der Waals surface area contributed by atoms with Crippen LogP contribution in [0.2, 0.25) is 0 Å². The number of nitrogens with two attached hydrogens (primary N) is 1. The molecule has 2 atom stereocenters. The van der Waals surface area contributed by atoms with E-state index in [1.807, 2.05) is 0 Å². The summed E-state index contributed by atoms with van der Waals surface area (Å²) in [6, 6.07) is 0. The van der Waals surface area contributed by atoms with Crippen LogP contribution in [0.15, 0.2) is 0 Å². The Hall–Kier alpha value is 0.594. The van der Waals surface area contributed by atoms with Crippen molar-refractivity contribution in [1.82, 2.24) is 5.32 Å². The van der Waals surface area contributed by atoms with E-state index in [9.17, 15) is 0 Å². The van der Waals surface area contributed by atoms with Crippen LogP contribution >= 0.6 is 0 Å². The third-order valence-corrected chi connectivity index (χ3v) is 0.504. The second-order valence-corrected chi connectivity index (χ2v) is 1.63. The Kier molecular flexibility index (Phi) is 8.16. The average Bonchev–Trinajstić information content (AvgIpc) is 1.27. The molecule has 0 heterocycles. The van der Waals surface area contributed by atoms with Gasteiger partial charge in [-0.3, -0.25) is 5.32 Å². The van der Waals surface area contributed by atoms with Crippen LogP contribution in [0.4, 0.5) is 0 Å². The molecule has 0 aromatic rings. The van der Waals surface area contributed by atoms with E-state index in [2.05, 4.69) is 5.32 Å². The molecular formula is C4H12N2OTi. The molecule has 0 aliphatic rings. The van der Waals surface area contributed by atoms with E-state index in [1.54, 1.807) is 13.8 Å². The molecule has 4 N–H and O–H groups in total. The van der Waals surface area contributed by atoms with Gasteiger partial charge < -0.3 is 10.8 Å². The van der Waals surface area contributed by atoms with Crippen LogP contribution in [0.1, 0.15) is 13.8 Å². The monoisotopic (exact) mass is 152 g/mol. The molecule has 2 unspecified atom stereocenters. The largest absolute Gasteiger partial charge is 0.379 e. The van der Waals surface area contributed by atoms with Gasteiger partial charge in [-0.1, -0.05) is 0 Å². The standard InChI is InChI=1S/C4H12N2O.Ti/c1-3(5)6-4(2)7;/h3-4,6-7H,5H2,1-2H3;. The van der Waals surface area contributed by atoms with Crippen molar-refractivity contribution in [3.63, 3.8) is 0 Å². The van der Waals surface area contributed by atoms with Gasteiger partial charge in [0.2, 0.25) is 0 Å². The Morgan fingerprint density at radius 3 is 1.88 bits per heavy atom. The summed E-state index contributed by atoms with van der Waals surface area (Å²) >= 11 is 0. The van der Waals surface area contributed by atoms with Gasteiger partial charge in [0.1, 0.15) is 6.23 Å². The van der Waals surface area contributed by atoms with Crippen molar-refractivity contribution < 1.29 is 26.8 Å². The maximum Gasteiger partial charge on any atom is 0.103 e. The van der Waals surface area contributed by atoms with Gasteiger partial charge in [-0.05, 0) is 13.8 Å². The van der Waals surface area contributed by atoms with E-state index in [0.717, 1.165) is 0 Å². The third-order valence-electron chi connectivity index (χ3n) is 0.504. The zero-order valence-corrected chi connectivity index (χ0v) is 6.74. The summed E-state index contributed by atoms with van der Waals surface area (Å²) in [5, 5.41) is 11.2. The molecule has 0 aliphatic carbocycles. The van der Waals surface area contributed by atoms with Crippen molar-refractivity contribution >= 4 is 0 Å². The molecule has 0 spiro atoms. The van der Waals surface area contributed by atoms with Crippen LogP contribution < -0.4 is 11.1 Å². The summed E-state index contributed by atoms with van der Waals surface area (Å²) in [5.41, 5.74) is 5.22. The summed E-state index contributed by atoms with van der Waals surface area (Å²) in [4.78, 5) is 0. The summed E-state index contributed by atoms with van der Waals surface area (Å²) in [5.74, 6) is 0. The van der Waals surface area contributed by atoms with Crippen LogP contribution in [0.3, 0.4) is 0 Å². The van der Waals surface area contributed by atoms with E-state index in [0.29, 0.717) is 0 Å². The topological polar surface area (TPSA) is 58.3 Å². The molecule has 0 rings (SSSR count). The van der Waals surface area contributed by atoms with Gasteiger partial charge in [0, 0.05) is 21.7 Å². The number of aliphatic hydroxyl groups is 1. The molecule has 0 radical (unpaired) electrons. The Morgan fingerprint density at radius 2 is 1.88 bits per heavy atom. The Balaban J connectivity index is 0. The zero-order chi connectivity index (χ0) is 5.86. The summed E-state index contributed by atoms with van der Waals surface area (Å²) < 4.78 is 0. The van der Waals surface area contributed by atoms with Gasteiger partial charge >= 0.3 is 0 Å². The molecule has 0 aliphatic heterocycles. The molecule has 3 nitrogen and oxygen atoms in total. The Labute approximate surface area is 64.5 Å². The zero-order valence-electron chi connectivity index (χ0n) is 5.18. The molecule has 0 saturated heterocycles. The second kappa shape index (κ2) is 5.73. The van der Waals surface area contributed by atoms with E-state index < -0.39 is 6.23 Å². The predicted molar refractivity (Wildman–Crippen MR) is 28.5 cm³/mol. The summed E-state index contributed by atoms with van der Waals surface area (Å²) in [6.45, 7) is 3.40. The first-order valence-corrected chi connectivity index (χ1v) is 2.32. The molecule has 0 amide bonds. The van der Waals surface area contributed by atoms with Crippen molar-refractivity contribution in [1.29, 1.82) is 0 Å². The number of hydrogen-bond donors (Lipinski definition) is 3. The van der Waals surface area contributed by atoms with Gasteiger partial charge in [-0.25, -0.2) is 0 Å². The van der Waals surface area contributed by atoms with Crippen molar-refractivity contribution in [2.24, 2.45) is 5.73 Å². The minimum absolute atomic E-state index is 0. The van der Waals surface area contributed by atoms with Crippen LogP contribution in [-0.2, 0) is 21.7 Å². The number of hydrogen-bond acceptors (Lipinski definition) is 3. The smallest absolute Gasteiger partial charge is 0.103 e. The van der Waals surface area contributed by atoms with Crippen molar-refractivity contribution in [2.45, 2.75) is 26.2 Å². The fourth-order valence-corrected chi connectivity index (χ4v) is 0.380. The van der Waals surface area contributed by atoms with E-state index in [-0.39, 0.29) is 27.9 Å². The Morgan fingerprint density at radius 1 is 1.50 bits per heavy atom. The SMILES string of the molecule is CC(N)NC(C)O.[Ti]. The van der Waals surface area contributed by atoms with E-state index >= 15 is 0 Å². The maximum atomic E-state index is 8.53. The molecular weight excluding hydrogens is 140 g/mol. The molecule has 8 heavy (non-hydrogen) atoms. The Bertz CT molecular complexity index is 43.3. The molecule has 48 valence electrons. The summed E-state index contributed by atoms with van der Waals surface area (Å²) in [7, 11) is 0. The number of aliphatic hydroxyl groups excluding tert-OH is 1. The van der Waals surface area contributed by atoms with Gasteiger partial charge in [0.25, 0.3) is 0 Å². The fraction of sp³-hybridized carbons (Fsp3) is 1.00. The van der Waals surface area contributed by atoms with Crippen LogP contribution in [0, 0.1) is 0 Å². The second-order valence-electron chi connectivity index (χ2n) is 1.63.